The van der Waals surface area contributed by atoms with Gasteiger partial charge in [-0.1, -0.05) is 27.5 Å². The average Bonchev–Trinajstić information content (AvgIpc) is 1.96. The van der Waals surface area contributed by atoms with Gasteiger partial charge < -0.3 is 0 Å². The van der Waals surface area contributed by atoms with Gasteiger partial charge in [0.1, 0.15) is 5.02 Å². The number of rotatable bonds is 1. The van der Waals surface area contributed by atoms with E-state index in [4.69, 9.17) is 11.6 Å². The highest BCUT2D eigenvalue weighted by atomic mass is 79.9. The van der Waals surface area contributed by atoms with Crippen LogP contribution in [0.5, 0.6) is 0 Å². The van der Waals surface area contributed by atoms with Crippen molar-refractivity contribution in [2.75, 3.05) is 0 Å². The predicted molar refractivity (Wildman–Crippen MR) is 50.5 cm³/mol. The second kappa shape index (κ2) is 3.41. The van der Waals surface area contributed by atoms with E-state index in [0.717, 1.165) is 0 Å². The van der Waals surface area contributed by atoms with Gasteiger partial charge in [0.25, 0.3) is 5.69 Å². The van der Waals surface area contributed by atoms with E-state index in [1.54, 1.807) is 13.0 Å². The third-order valence-corrected chi connectivity index (χ3v) is 2.35. The Balaban J connectivity index is 3.37. The summed E-state index contributed by atoms with van der Waals surface area (Å²) in [6.07, 6.45) is 0. The summed E-state index contributed by atoms with van der Waals surface area (Å²) in [5.74, 6) is 0. The first kappa shape index (κ1) is 9.48. The molecule has 1 aromatic rings. The summed E-state index contributed by atoms with van der Waals surface area (Å²) in [6, 6.07) is 3.12. The van der Waals surface area contributed by atoms with Crippen LogP contribution >= 0.6 is 27.5 Å². The van der Waals surface area contributed by atoms with Crippen molar-refractivity contribution < 1.29 is 4.92 Å². The Morgan fingerprint density at radius 3 is 2.67 bits per heavy atom. The SMILES string of the molecule is Cc1cc(Br)cc([N+](=O)[O-])c1Cl. The second-order valence-corrected chi connectivity index (χ2v) is 3.61. The molecule has 0 unspecified atom stereocenters. The molecule has 0 saturated heterocycles. The number of benzene rings is 1. The van der Waals surface area contributed by atoms with Crippen molar-refractivity contribution in [2.24, 2.45) is 0 Å². The number of hydrogen-bond acceptors (Lipinski definition) is 2. The molecule has 0 aromatic heterocycles. The molecule has 0 radical (unpaired) electrons. The minimum atomic E-state index is -0.500. The number of nitro groups is 1. The zero-order valence-electron chi connectivity index (χ0n) is 6.17. The monoisotopic (exact) mass is 249 g/mol. The van der Waals surface area contributed by atoms with Gasteiger partial charge in [-0.15, -0.1) is 0 Å². The highest BCUT2D eigenvalue weighted by Gasteiger charge is 2.14. The molecular weight excluding hydrogens is 245 g/mol. The van der Waals surface area contributed by atoms with E-state index >= 15 is 0 Å². The molecule has 0 N–H and O–H groups in total. The van der Waals surface area contributed by atoms with Crippen LogP contribution in [0.15, 0.2) is 16.6 Å². The molecule has 0 fully saturated rings. The van der Waals surface area contributed by atoms with Crippen molar-refractivity contribution in [2.45, 2.75) is 6.92 Å². The van der Waals surface area contributed by atoms with Crippen LogP contribution in [-0.2, 0) is 0 Å². The molecule has 0 atom stereocenters. The van der Waals surface area contributed by atoms with Crippen molar-refractivity contribution in [1.82, 2.24) is 0 Å². The van der Waals surface area contributed by atoms with Crippen LogP contribution in [0, 0.1) is 17.0 Å². The van der Waals surface area contributed by atoms with E-state index in [1.165, 1.54) is 6.07 Å². The molecule has 0 amide bonds. The second-order valence-electron chi connectivity index (χ2n) is 2.31. The van der Waals surface area contributed by atoms with E-state index < -0.39 is 4.92 Å². The fourth-order valence-electron chi connectivity index (χ4n) is 0.841. The topological polar surface area (TPSA) is 43.1 Å². The zero-order valence-corrected chi connectivity index (χ0v) is 8.52. The van der Waals surface area contributed by atoms with Crippen LogP contribution in [0.2, 0.25) is 5.02 Å². The summed E-state index contributed by atoms with van der Waals surface area (Å²) in [7, 11) is 0. The summed E-state index contributed by atoms with van der Waals surface area (Å²) < 4.78 is 0.663. The first-order valence-corrected chi connectivity index (χ1v) is 4.29. The van der Waals surface area contributed by atoms with Crippen molar-refractivity contribution >= 4 is 33.2 Å². The molecule has 0 spiro atoms. The smallest absolute Gasteiger partial charge is 0.258 e. The van der Waals surface area contributed by atoms with Crippen LogP contribution in [0.4, 0.5) is 5.69 Å². The van der Waals surface area contributed by atoms with Crippen molar-refractivity contribution in [1.29, 1.82) is 0 Å². The molecule has 0 bridgehead atoms. The molecule has 5 heteroatoms. The van der Waals surface area contributed by atoms with Crippen LogP contribution in [0.3, 0.4) is 0 Å². The van der Waals surface area contributed by atoms with Gasteiger partial charge in [0.05, 0.1) is 4.92 Å². The van der Waals surface area contributed by atoms with Gasteiger partial charge >= 0.3 is 0 Å². The fourth-order valence-corrected chi connectivity index (χ4v) is 1.58. The zero-order chi connectivity index (χ0) is 9.30. The van der Waals surface area contributed by atoms with Gasteiger partial charge in [-0.25, -0.2) is 0 Å². The van der Waals surface area contributed by atoms with Gasteiger partial charge in [0.15, 0.2) is 0 Å². The summed E-state index contributed by atoms with van der Waals surface area (Å²) in [5.41, 5.74) is 0.626. The maximum atomic E-state index is 10.4. The van der Waals surface area contributed by atoms with Crippen LogP contribution in [0.25, 0.3) is 0 Å². The van der Waals surface area contributed by atoms with Crippen LogP contribution < -0.4 is 0 Å². The number of nitrogens with zero attached hydrogens (tertiary/aromatic N) is 1. The van der Waals surface area contributed by atoms with Crippen molar-refractivity contribution in [3.05, 3.63) is 37.3 Å². The summed E-state index contributed by atoms with van der Waals surface area (Å²) >= 11 is 8.85. The Bertz CT molecular complexity index is 340. The molecule has 1 rings (SSSR count). The Labute approximate surface area is 82.6 Å². The Morgan fingerprint density at radius 2 is 2.17 bits per heavy atom. The minimum Gasteiger partial charge on any atom is -0.258 e. The molecule has 0 saturated carbocycles. The first-order valence-electron chi connectivity index (χ1n) is 3.12. The lowest BCUT2D eigenvalue weighted by Crippen LogP contribution is -1.90. The molecule has 0 aliphatic heterocycles. The van der Waals surface area contributed by atoms with E-state index in [1.807, 2.05) is 0 Å². The molecule has 1 aromatic carbocycles. The number of hydrogen-bond donors (Lipinski definition) is 0. The maximum Gasteiger partial charge on any atom is 0.289 e. The maximum absolute atomic E-state index is 10.4. The van der Waals surface area contributed by atoms with Gasteiger partial charge in [-0.3, -0.25) is 10.1 Å². The van der Waals surface area contributed by atoms with E-state index in [-0.39, 0.29) is 10.7 Å². The highest BCUT2D eigenvalue weighted by molar-refractivity contribution is 9.10. The van der Waals surface area contributed by atoms with Gasteiger partial charge in [-0.05, 0) is 18.6 Å². The third-order valence-electron chi connectivity index (χ3n) is 1.40. The average molecular weight is 250 g/mol. The molecule has 3 nitrogen and oxygen atoms in total. The standard InChI is InChI=1S/C7H5BrClNO2/c1-4-2-5(8)3-6(7(4)9)10(11)12/h2-3H,1H3. The van der Waals surface area contributed by atoms with Gasteiger partial charge in [0.2, 0.25) is 0 Å². The lowest BCUT2D eigenvalue weighted by Gasteiger charge is -1.99. The molecule has 0 heterocycles. The van der Waals surface area contributed by atoms with Crippen LogP contribution in [-0.4, -0.2) is 4.92 Å². The van der Waals surface area contributed by atoms with Crippen LogP contribution in [0.1, 0.15) is 5.56 Å². The summed E-state index contributed by atoms with van der Waals surface area (Å²) in [6.45, 7) is 1.72. The number of nitro benzene ring substituents is 1. The van der Waals surface area contributed by atoms with E-state index in [9.17, 15) is 10.1 Å². The normalized spacial score (nSPS) is 9.92. The third kappa shape index (κ3) is 1.76. The van der Waals surface area contributed by atoms with E-state index in [2.05, 4.69) is 15.9 Å². The summed E-state index contributed by atoms with van der Waals surface area (Å²) in [5, 5.41) is 10.6. The molecular formula is C7H5BrClNO2. The van der Waals surface area contributed by atoms with E-state index in [0.29, 0.717) is 10.0 Å². The largest absolute Gasteiger partial charge is 0.289 e. The first-order chi connectivity index (χ1) is 5.52. The molecule has 12 heavy (non-hydrogen) atoms. The van der Waals surface area contributed by atoms with Crippen molar-refractivity contribution in [3.8, 4) is 0 Å². The Hall–Kier alpha value is -0.610. The number of halogens is 2. The molecule has 0 aliphatic rings. The lowest BCUT2D eigenvalue weighted by atomic mass is 10.2. The molecule has 64 valence electrons. The summed E-state index contributed by atoms with van der Waals surface area (Å²) in [4.78, 5) is 9.93. The Kier molecular flexibility index (Phi) is 2.69. The highest BCUT2D eigenvalue weighted by Crippen LogP contribution is 2.30. The predicted octanol–water partition coefficient (Wildman–Crippen LogP) is 3.32. The number of aryl methyl sites for hydroxylation is 1. The fraction of sp³-hybridized carbons (Fsp3) is 0.143. The lowest BCUT2D eigenvalue weighted by molar-refractivity contribution is -0.384. The van der Waals surface area contributed by atoms with Gasteiger partial charge in [-0.2, -0.15) is 0 Å². The minimum absolute atomic E-state index is 0.0662. The van der Waals surface area contributed by atoms with Gasteiger partial charge in [0, 0.05) is 10.5 Å². The molecule has 0 aliphatic carbocycles. The Morgan fingerprint density at radius 1 is 1.58 bits per heavy atom. The van der Waals surface area contributed by atoms with Crippen molar-refractivity contribution in [3.63, 3.8) is 0 Å². The quantitative estimate of drug-likeness (QED) is 0.567.